The van der Waals surface area contributed by atoms with E-state index in [4.69, 9.17) is 9.47 Å². The van der Waals surface area contributed by atoms with Crippen molar-refractivity contribution >= 4 is 40.4 Å². The highest BCUT2D eigenvalue weighted by molar-refractivity contribution is 14.1. The van der Waals surface area contributed by atoms with Gasteiger partial charge in [0, 0.05) is 15.7 Å². The molecule has 0 saturated heterocycles. The lowest BCUT2D eigenvalue weighted by Crippen LogP contribution is -2.60. The maximum Gasteiger partial charge on any atom is 0.408 e. The van der Waals surface area contributed by atoms with Crippen LogP contribution in [0.15, 0.2) is 48.5 Å². The summed E-state index contributed by atoms with van der Waals surface area (Å²) < 4.78 is 11.4. The van der Waals surface area contributed by atoms with Gasteiger partial charge in [-0.2, -0.15) is 0 Å². The maximum atomic E-state index is 13.2. The quantitative estimate of drug-likeness (QED) is 0.262. The average molecular weight is 553 g/mol. The number of ether oxygens (including phenoxy) is 2. The fourth-order valence-corrected chi connectivity index (χ4v) is 3.34. The molecular formula is C23H28IN3O5. The van der Waals surface area contributed by atoms with E-state index in [0.717, 1.165) is 3.57 Å². The predicted octanol–water partition coefficient (Wildman–Crippen LogP) is 3.70. The molecule has 0 saturated carbocycles. The molecule has 0 aromatic heterocycles. The number of amides is 2. The summed E-state index contributed by atoms with van der Waals surface area (Å²) in [4.78, 5) is 38.3. The fourth-order valence-electron chi connectivity index (χ4n) is 2.84. The summed E-state index contributed by atoms with van der Waals surface area (Å²) in [5.41, 5.74) is 3.96. The highest BCUT2D eigenvalue weighted by atomic mass is 127. The summed E-state index contributed by atoms with van der Waals surface area (Å²) in [5.74, 6) is -0.357. The van der Waals surface area contributed by atoms with E-state index in [-0.39, 0.29) is 12.3 Å². The van der Waals surface area contributed by atoms with Gasteiger partial charge in [0.1, 0.15) is 16.9 Å². The lowest BCUT2D eigenvalue weighted by Gasteiger charge is -2.31. The molecule has 0 aliphatic rings. The van der Waals surface area contributed by atoms with Crippen LogP contribution in [0.2, 0.25) is 0 Å². The summed E-state index contributed by atoms with van der Waals surface area (Å²) in [6.45, 7) is 6.68. The number of hydrogen-bond donors (Lipinski definition) is 3. The first kappa shape index (κ1) is 25.6. The number of ketones is 1. The van der Waals surface area contributed by atoms with Crippen molar-refractivity contribution in [2.75, 3.05) is 13.7 Å². The largest absolute Gasteiger partial charge is 0.496 e. The van der Waals surface area contributed by atoms with Crippen molar-refractivity contribution in [3.63, 3.8) is 0 Å². The molecule has 32 heavy (non-hydrogen) atoms. The Kier molecular flexibility index (Phi) is 8.62. The fraction of sp³-hybridized carbons (Fsp3) is 0.348. The summed E-state index contributed by atoms with van der Waals surface area (Å²) in [5, 5.41) is 2.64. The molecule has 0 radical (unpaired) electrons. The average Bonchev–Trinajstić information content (AvgIpc) is 2.72. The molecule has 0 heterocycles. The van der Waals surface area contributed by atoms with Crippen LogP contribution in [0.1, 0.15) is 48.4 Å². The second-order valence-electron chi connectivity index (χ2n) is 8.31. The lowest BCUT2D eigenvalue weighted by atomic mass is 9.91. The molecule has 3 N–H and O–H groups in total. The third-order valence-corrected chi connectivity index (χ3v) is 5.03. The van der Waals surface area contributed by atoms with E-state index < -0.39 is 23.1 Å². The van der Waals surface area contributed by atoms with E-state index in [0.29, 0.717) is 16.9 Å². The highest BCUT2D eigenvalue weighted by Gasteiger charge is 2.37. The number of alkyl carbamates (subject to hydrolysis) is 1. The Balaban J connectivity index is 2.18. The minimum absolute atomic E-state index is 0.0854. The Labute approximate surface area is 201 Å². The Morgan fingerprint density at radius 1 is 1.00 bits per heavy atom. The normalized spacial score (nSPS) is 12.9. The second-order valence-corrected chi connectivity index (χ2v) is 9.55. The summed E-state index contributed by atoms with van der Waals surface area (Å²) in [6.07, 6.45) is -0.739. The van der Waals surface area contributed by atoms with Gasteiger partial charge >= 0.3 is 6.09 Å². The van der Waals surface area contributed by atoms with Crippen LogP contribution < -0.4 is 20.9 Å². The Morgan fingerprint density at radius 2 is 1.66 bits per heavy atom. The van der Waals surface area contributed by atoms with Gasteiger partial charge < -0.3 is 14.8 Å². The van der Waals surface area contributed by atoms with Crippen LogP contribution in [0.3, 0.4) is 0 Å². The minimum atomic E-state index is -1.40. The van der Waals surface area contributed by atoms with Gasteiger partial charge in [0.25, 0.3) is 5.91 Å². The van der Waals surface area contributed by atoms with Crippen molar-refractivity contribution in [2.24, 2.45) is 0 Å². The molecule has 2 amide bonds. The molecule has 0 fully saturated rings. The summed E-state index contributed by atoms with van der Waals surface area (Å²) in [7, 11) is 1.48. The number of Topliss-reactive ketones (excluding diaryl/α,β-unsaturated/α-hetero) is 1. The van der Waals surface area contributed by atoms with Gasteiger partial charge in [-0.15, -0.1) is 0 Å². The standard InChI is InChI=1S/C23H28IN3O5/c1-22(2,3)32-21(30)26-23(4,19(28)15-9-7-6-8-10-15)14-25-27-20(29)17-13-16(24)11-12-18(17)31-5/h6-13,25H,14H2,1-5H3,(H,26,30)(H,27,29). The van der Waals surface area contributed by atoms with E-state index in [1.165, 1.54) is 7.11 Å². The van der Waals surface area contributed by atoms with Crippen LogP contribution in [0.4, 0.5) is 4.79 Å². The van der Waals surface area contributed by atoms with Crippen molar-refractivity contribution in [3.05, 3.63) is 63.2 Å². The number of methoxy groups -OCH3 is 1. The van der Waals surface area contributed by atoms with Crippen LogP contribution in [-0.4, -0.2) is 42.6 Å². The number of benzene rings is 2. The first-order valence-corrected chi connectivity index (χ1v) is 11.0. The van der Waals surface area contributed by atoms with E-state index in [2.05, 4.69) is 38.8 Å². The van der Waals surface area contributed by atoms with Gasteiger partial charge in [-0.25, -0.2) is 10.2 Å². The lowest BCUT2D eigenvalue weighted by molar-refractivity contribution is 0.0441. The number of hydrazine groups is 1. The third kappa shape index (κ3) is 7.20. The van der Waals surface area contributed by atoms with E-state index >= 15 is 0 Å². The molecule has 1 unspecified atom stereocenters. The van der Waals surface area contributed by atoms with Crippen molar-refractivity contribution in [1.82, 2.24) is 16.2 Å². The molecule has 2 rings (SSSR count). The maximum absolute atomic E-state index is 13.2. The summed E-state index contributed by atoms with van der Waals surface area (Å²) in [6, 6.07) is 13.8. The predicted molar refractivity (Wildman–Crippen MR) is 130 cm³/mol. The summed E-state index contributed by atoms with van der Waals surface area (Å²) >= 11 is 2.10. The molecule has 0 bridgehead atoms. The van der Waals surface area contributed by atoms with Crippen LogP contribution in [0.25, 0.3) is 0 Å². The zero-order chi connectivity index (χ0) is 23.9. The topological polar surface area (TPSA) is 106 Å². The molecule has 0 spiro atoms. The van der Waals surface area contributed by atoms with Crippen LogP contribution in [0.5, 0.6) is 5.75 Å². The van der Waals surface area contributed by atoms with Crippen LogP contribution in [0, 0.1) is 3.57 Å². The molecular weight excluding hydrogens is 525 g/mol. The van der Waals surface area contributed by atoms with Gasteiger partial charge in [-0.1, -0.05) is 30.3 Å². The Hall–Kier alpha value is -2.66. The molecule has 9 heteroatoms. The Bertz CT molecular complexity index is 975. The zero-order valence-electron chi connectivity index (χ0n) is 18.7. The number of halogens is 1. The van der Waals surface area contributed by atoms with E-state index in [1.807, 2.05) is 6.07 Å². The Morgan fingerprint density at radius 3 is 2.25 bits per heavy atom. The number of carbonyl (C=O) groups is 3. The van der Waals surface area contributed by atoms with Gasteiger partial charge in [0.2, 0.25) is 0 Å². The van der Waals surface area contributed by atoms with Crippen LogP contribution >= 0.6 is 22.6 Å². The monoisotopic (exact) mass is 553 g/mol. The van der Waals surface area contributed by atoms with Crippen LogP contribution in [-0.2, 0) is 4.74 Å². The number of carbonyl (C=O) groups excluding carboxylic acids is 3. The molecule has 0 aliphatic heterocycles. The van der Waals surface area contributed by atoms with Crippen molar-refractivity contribution in [1.29, 1.82) is 0 Å². The molecule has 1 atom stereocenters. The number of nitrogens with one attached hydrogen (secondary N) is 3. The van der Waals surface area contributed by atoms with Gasteiger partial charge in [-0.05, 0) is 68.5 Å². The SMILES string of the molecule is COc1ccc(I)cc1C(=O)NNCC(C)(NC(=O)OC(C)(C)C)C(=O)c1ccccc1. The minimum Gasteiger partial charge on any atom is -0.496 e. The zero-order valence-corrected chi connectivity index (χ0v) is 20.9. The van der Waals surface area contributed by atoms with Gasteiger partial charge in [-0.3, -0.25) is 15.0 Å². The van der Waals surface area contributed by atoms with Gasteiger partial charge in [0.05, 0.1) is 12.7 Å². The smallest absolute Gasteiger partial charge is 0.408 e. The number of rotatable bonds is 8. The van der Waals surface area contributed by atoms with E-state index in [9.17, 15) is 14.4 Å². The molecule has 172 valence electrons. The second kappa shape index (κ2) is 10.8. The van der Waals surface area contributed by atoms with Crippen molar-refractivity contribution in [3.8, 4) is 5.75 Å². The molecule has 2 aromatic carbocycles. The third-order valence-electron chi connectivity index (χ3n) is 4.36. The van der Waals surface area contributed by atoms with Gasteiger partial charge in [0.15, 0.2) is 5.78 Å². The van der Waals surface area contributed by atoms with Crippen molar-refractivity contribution in [2.45, 2.75) is 38.8 Å². The molecule has 8 nitrogen and oxygen atoms in total. The highest BCUT2D eigenvalue weighted by Crippen LogP contribution is 2.21. The first-order valence-electron chi connectivity index (χ1n) is 9.93. The van der Waals surface area contributed by atoms with Crippen molar-refractivity contribution < 1.29 is 23.9 Å². The first-order chi connectivity index (χ1) is 14.9. The molecule has 2 aromatic rings. The van der Waals surface area contributed by atoms with E-state index in [1.54, 1.807) is 70.2 Å². The number of hydrogen-bond acceptors (Lipinski definition) is 6. The molecule has 0 aliphatic carbocycles.